The molecule has 0 aliphatic heterocycles. The van der Waals surface area contributed by atoms with Crippen molar-refractivity contribution >= 4 is 29.3 Å². The lowest BCUT2D eigenvalue weighted by Crippen LogP contribution is -2.02. The summed E-state index contributed by atoms with van der Waals surface area (Å²) >= 11 is 1.28. The second-order valence-electron chi connectivity index (χ2n) is 3.35. The van der Waals surface area contributed by atoms with E-state index in [1.54, 1.807) is 12.3 Å². The molecule has 2 rings (SSSR count). The fraction of sp³-hybridized carbons (Fsp3) is 0.200. The first-order chi connectivity index (χ1) is 8.67. The van der Waals surface area contributed by atoms with Gasteiger partial charge in [0.1, 0.15) is 16.7 Å². The fourth-order valence-corrected chi connectivity index (χ4v) is 1.99. The number of nitrogens with two attached hydrogens (primary N) is 2. The van der Waals surface area contributed by atoms with Gasteiger partial charge >= 0.3 is 0 Å². The number of rotatable bonds is 4. The van der Waals surface area contributed by atoms with Gasteiger partial charge in [-0.05, 0) is 24.8 Å². The van der Waals surface area contributed by atoms with E-state index < -0.39 is 0 Å². The molecule has 2 heterocycles. The highest BCUT2D eigenvalue weighted by Crippen LogP contribution is 2.24. The normalized spacial score (nSPS) is 10.3. The van der Waals surface area contributed by atoms with Crippen molar-refractivity contribution < 1.29 is 0 Å². The maximum atomic E-state index is 5.60. The molecule has 0 saturated heterocycles. The highest BCUT2D eigenvalue weighted by atomic mass is 32.2. The van der Waals surface area contributed by atoms with Gasteiger partial charge in [-0.2, -0.15) is 0 Å². The summed E-state index contributed by atoms with van der Waals surface area (Å²) in [6.45, 7) is 2.74. The van der Waals surface area contributed by atoms with Crippen LogP contribution in [0.1, 0.15) is 6.92 Å². The summed E-state index contributed by atoms with van der Waals surface area (Å²) in [5.74, 6) is 1.25. The van der Waals surface area contributed by atoms with Gasteiger partial charge in [-0.15, -0.1) is 0 Å². The Balaban J connectivity index is 2.20. The second kappa shape index (κ2) is 5.50. The Morgan fingerprint density at radius 2 is 1.94 bits per heavy atom. The summed E-state index contributed by atoms with van der Waals surface area (Å²) in [5, 5.41) is 4.22. The van der Waals surface area contributed by atoms with Gasteiger partial charge in [0.2, 0.25) is 5.95 Å². The predicted octanol–water partition coefficient (Wildman–Crippen LogP) is 1.01. The van der Waals surface area contributed by atoms with Crippen LogP contribution in [0.15, 0.2) is 28.5 Å². The predicted molar refractivity (Wildman–Crippen MR) is 71.2 cm³/mol. The van der Waals surface area contributed by atoms with Crippen molar-refractivity contribution in [2.45, 2.75) is 17.1 Å². The van der Waals surface area contributed by atoms with Crippen LogP contribution >= 0.6 is 11.8 Å². The Hall–Kier alpha value is -2.09. The second-order valence-corrected chi connectivity index (χ2v) is 4.34. The molecule has 7 nitrogen and oxygen atoms in total. The van der Waals surface area contributed by atoms with Gasteiger partial charge in [0, 0.05) is 18.8 Å². The van der Waals surface area contributed by atoms with Gasteiger partial charge in [-0.1, -0.05) is 0 Å². The third kappa shape index (κ3) is 3.20. The molecule has 5 N–H and O–H groups in total. The molecule has 0 radical (unpaired) electrons. The lowest BCUT2D eigenvalue weighted by molar-refractivity contribution is 0.966. The van der Waals surface area contributed by atoms with E-state index in [0.29, 0.717) is 22.7 Å². The van der Waals surface area contributed by atoms with Crippen LogP contribution in [-0.4, -0.2) is 26.5 Å². The van der Waals surface area contributed by atoms with Gasteiger partial charge < -0.3 is 16.8 Å². The Bertz CT molecular complexity index is 525. The molecule has 2 aromatic rings. The number of hydrogen-bond acceptors (Lipinski definition) is 8. The van der Waals surface area contributed by atoms with Crippen molar-refractivity contribution in [2.75, 3.05) is 23.3 Å². The molecule has 0 atom stereocenters. The molecule has 0 saturated carbocycles. The standard InChI is InChI=1S/C10H13N7S/c1-2-13-9-14-4-3-8(17-9)18-10-15-6(11)5-7(12)16-10/h3-5H,2H2,1H3,(H,13,14,17)(H4,11,12,15,16). The van der Waals surface area contributed by atoms with E-state index in [0.717, 1.165) is 11.6 Å². The number of anilines is 3. The van der Waals surface area contributed by atoms with Crippen LogP contribution in [0.3, 0.4) is 0 Å². The number of hydrogen-bond donors (Lipinski definition) is 3. The average Bonchev–Trinajstić information content (AvgIpc) is 2.28. The van der Waals surface area contributed by atoms with Gasteiger partial charge in [0.15, 0.2) is 5.16 Å². The highest BCUT2D eigenvalue weighted by Gasteiger charge is 2.05. The van der Waals surface area contributed by atoms with Crippen LogP contribution in [0.4, 0.5) is 17.6 Å². The lowest BCUT2D eigenvalue weighted by Gasteiger charge is -2.04. The SMILES string of the molecule is CCNc1nccc(Sc2nc(N)cc(N)n2)n1. The maximum Gasteiger partial charge on any atom is 0.223 e. The first kappa shape index (κ1) is 12.4. The molecular formula is C10H13N7S. The van der Waals surface area contributed by atoms with E-state index >= 15 is 0 Å². The van der Waals surface area contributed by atoms with Gasteiger partial charge in [-0.3, -0.25) is 0 Å². The molecule has 0 bridgehead atoms. The molecule has 0 fully saturated rings. The van der Waals surface area contributed by atoms with Gasteiger partial charge in [0.25, 0.3) is 0 Å². The van der Waals surface area contributed by atoms with E-state index in [1.807, 2.05) is 6.92 Å². The summed E-state index contributed by atoms with van der Waals surface area (Å²) in [6.07, 6.45) is 1.67. The molecule has 2 aromatic heterocycles. The van der Waals surface area contributed by atoms with Crippen LogP contribution < -0.4 is 16.8 Å². The van der Waals surface area contributed by atoms with E-state index in [-0.39, 0.29) is 0 Å². The summed E-state index contributed by atoms with van der Waals surface area (Å²) < 4.78 is 0. The van der Waals surface area contributed by atoms with Crippen molar-refractivity contribution in [2.24, 2.45) is 0 Å². The smallest absolute Gasteiger partial charge is 0.223 e. The zero-order valence-electron chi connectivity index (χ0n) is 9.79. The molecule has 18 heavy (non-hydrogen) atoms. The first-order valence-corrected chi connectivity index (χ1v) is 6.14. The third-order valence-electron chi connectivity index (χ3n) is 1.91. The molecule has 0 amide bonds. The lowest BCUT2D eigenvalue weighted by atomic mass is 10.5. The number of nitrogens with zero attached hydrogens (tertiary/aromatic N) is 4. The van der Waals surface area contributed by atoms with E-state index in [2.05, 4.69) is 25.3 Å². The number of nitrogens with one attached hydrogen (secondary N) is 1. The minimum absolute atomic E-state index is 0.339. The molecule has 8 heteroatoms. The van der Waals surface area contributed by atoms with Crippen molar-refractivity contribution in [3.05, 3.63) is 18.3 Å². The molecule has 0 aromatic carbocycles. The van der Waals surface area contributed by atoms with E-state index in [9.17, 15) is 0 Å². The van der Waals surface area contributed by atoms with Crippen LogP contribution in [0, 0.1) is 0 Å². The highest BCUT2D eigenvalue weighted by molar-refractivity contribution is 7.99. The van der Waals surface area contributed by atoms with Crippen LogP contribution in [-0.2, 0) is 0 Å². The summed E-state index contributed by atoms with van der Waals surface area (Å²) in [7, 11) is 0. The molecule has 0 aliphatic rings. The number of aromatic nitrogens is 4. The maximum absolute atomic E-state index is 5.60. The average molecular weight is 263 g/mol. The molecule has 0 unspecified atom stereocenters. The minimum Gasteiger partial charge on any atom is -0.383 e. The number of nitrogen functional groups attached to an aromatic ring is 2. The van der Waals surface area contributed by atoms with Crippen molar-refractivity contribution in [1.29, 1.82) is 0 Å². The Morgan fingerprint density at radius 1 is 1.22 bits per heavy atom. The summed E-state index contributed by atoms with van der Waals surface area (Å²) in [4.78, 5) is 16.5. The zero-order valence-corrected chi connectivity index (χ0v) is 10.6. The van der Waals surface area contributed by atoms with Crippen molar-refractivity contribution in [3.8, 4) is 0 Å². The first-order valence-electron chi connectivity index (χ1n) is 5.32. The van der Waals surface area contributed by atoms with Gasteiger partial charge in [-0.25, -0.2) is 19.9 Å². The molecule has 94 valence electrons. The van der Waals surface area contributed by atoms with E-state index in [4.69, 9.17) is 11.5 Å². The van der Waals surface area contributed by atoms with Crippen LogP contribution in [0.5, 0.6) is 0 Å². The Kier molecular flexibility index (Phi) is 3.78. The van der Waals surface area contributed by atoms with Crippen LogP contribution in [0.25, 0.3) is 0 Å². The zero-order chi connectivity index (χ0) is 13.0. The largest absolute Gasteiger partial charge is 0.383 e. The Labute approximate surface area is 108 Å². The van der Waals surface area contributed by atoms with Gasteiger partial charge in [0.05, 0.1) is 0 Å². The quantitative estimate of drug-likeness (QED) is 0.553. The van der Waals surface area contributed by atoms with Crippen molar-refractivity contribution in [1.82, 2.24) is 19.9 Å². The molecular weight excluding hydrogens is 250 g/mol. The van der Waals surface area contributed by atoms with Crippen LogP contribution in [0.2, 0.25) is 0 Å². The Morgan fingerprint density at radius 3 is 2.61 bits per heavy atom. The van der Waals surface area contributed by atoms with E-state index in [1.165, 1.54) is 17.8 Å². The summed E-state index contributed by atoms with van der Waals surface area (Å²) in [6, 6.07) is 3.28. The topological polar surface area (TPSA) is 116 Å². The minimum atomic E-state index is 0.339. The molecule has 0 spiro atoms. The van der Waals surface area contributed by atoms with Crippen molar-refractivity contribution in [3.63, 3.8) is 0 Å². The monoisotopic (exact) mass is 263 g/mol. The third-order valence-corrected chi connectivity index (χ3v) is 2.71. The fourth-order valence-electron chi connectivity index (χ4n) is 1.24. The summed E-state index contributed by atoms with van der Waals surface area (Å²) in [5.41, 5.74) is 11.2. The molecule has 0 aliphatic carbocycles.